The van der Waals surface area contributed by atoms with Gasteiger partial charge in [0.1, 0.15) is 11.4 Å². The lowest BCUT2D eigenvalue weighted by atomic mass is 9.91. The predicted molar refractivity (Wildman–Crippen MR) is 73.3 cm³/mol. The molecule has 0 radical (unpaired) electrons. The standard InChI is InChI=1S/C15H21NO4/c1-15(2,3)20-14(18)16-6-4-13(17)12(9-16)8-11-5-7-19-10-11/h5,7,10,12H,4,6,8-9H2,1-3H3. The number of nitrogens with zero attached hydrogens (tertiary/aromatic N) is 1. The molecule has 1 aromatic heterocycles. The molecular weight excluding hydrogens is 258 g/mol. The molecule has 0 spiro atoms. The smallest absolute Gasteiger partial charge is 0.410 e. The number of furan rings is 1. The minimum atomic E-state index is -0.515. The summed E-state index contributed by atoms with van der Waals surface area (Å²) in [6.07, 6.45) is 3.88. The fraction of sp³-hybridized carbons (Fsp3) is 0.600. The molecule has 0 N–H and O–H groups in total. The largest absolute Gasteiger partial charge is 0.472 e. The fourth-order valence-electron chi connectivity index (χ4n) is 2.27. The summed E-state index contributed by atoms with van der Waals surface area (Å²) in [4.78, 5) is 25.6. The molecule has 1 aromatic rings. The second-order valence-electron chi connectivity index (χ2n) is 6.18. The van der Waals surface area contributed by atoms with Crippen molar-refractivity contribution in [3.63, 3.8) is 0 Å². The lowest BCUT2D eigenvalue weighted by Gasteiger charge is -2.33. The molecule has 1 aliphatic rings. The van der Waals surface area contributed by atoms with Crippen LogP contribution in [0, 0.1) is 5.92 Å². The minimum Gasteiger partial charge on any atom is -0.472 e. The van der Waals surface area contributed by atoms with Crippen molar-refractivity contribution in [3.8, 4) is 0 Å². The van der Waals surface area contributed by atoms with Crippen LogP contribution in [0.5, 0.6) is 0 Å². The summed E-state index contributed by atoms with van der Waals surface area (Å²) in [7, 11) is 0. The Morgan fingerprint density at radius 2 is 2.25 bits per heavy atom. The number of hydrogen-bond acceptors (Lipinski definition) is 4. The van der Waals surface area contributed by atoms with Gasteiger partial charge in [-0.1, -0.05) is 0 Å². The van der Waals surface area contributed by atoms with E-state index in [2.05, 4.69) is 0 Å². The van der Waals surface area contributed by atoms with E-state index in [1.807, 2.05) is 26.8 Å². The van der Waals surface area contributed by atoms with Crippen LogP contribution < -0.4 is 0 Å². The lowest BCUT2D eigenvalue weighted by Crippen LogP contribution is -2.46. The van der Waals surface area contributed by atoms with Crippen LogP contribution in [0.1, 0.15) is 32.8 Å². The number of ketones is 1. The molecule has 1 saturated heterocycles. The Hall–Kier alpha value is -1.78. The number of carbonyl (C=O) groups excluding carboxylic acids is 2. The van der Waals surface area contributed by atoms with Crippen LogP contribution in [0.3, 0.4) is 0 Å². The van der Waals surface area contributed by atoms with E-state index in [-0.39, 0.29) is 17.8 Å². The molecule has 110 valence electrons. The first kappa shape index (κ1) is 14.6. The van der Waals surface area contributed by atoms with Gasteiger partial charge in [0.25, 0.3) is 0 Å². The highest BCUT2D eigenvalue weighted by Crippen LogP contribution is 2.20. The molecule has 2 rings (SSSR count). The van der Waals surface area contributed by atoms with Crippen molar-refractivity contribution in [2.24, 2.45) is 5.92 Å². The molecule has 0 saturated carbocycles. The van der Waals surface area contributed by atoms with Gasteiger partial charge in [-0.3, -0.25) is 4.79 Å². The fourth-order valence-corrected chi connectivity index (χ4v) is 2.27. The van der Waals surface area contributed by atoms with Crippen LogP contribution in [0.25, 0.3) is 0 Å². The first-order chi connectivity index (χ1) is 9.35. The SMILES string of the molecule is CC(C)(C)OC(=O)N1CCC(=O)C(Cc2ccoc2)C1. The van der Waals surface area contributed by atoms with Gasteiger partial charge in [-0.25, -0.2) is 4.79 Å². The van der Waals surface area contributed by atoms with E-state index in [4.69, 9.17) is 9.15 Å². The van der Waals surface area contributed by atoms with E-state index in [1.165, 1.54) is 0 Å². The Labute approximate surface area is 118 Å². The first-order valence-corrected chi connectivity index (χ1v) is 6.87. The van der Waals surface area contributed by atoms with Gasteiger partial charge in [-0.05, 0) is 38.8 Å². The summed E-state index contributed by atoms with van der Waals surface area (Å²) in [5.74, 6) is 0.0277. The number of piperidine rings is 1. The molecule has 5 nitrogen and oxygen atoms in total. The van der Waals surface area contributed by atoms with Gasteiger partial charge < -0.3 is 14.1 Å². The number of likely N-dealkylation sites (tertiary alicyclic amines) is 1. The molecule has 0 bridgehead atoms. The zero-order valence-electron chi connectivity index (χ0n) is 12.2. The third-order valence-electron chi connectivity index (χ3n) is 3.24. The maximum Gasteiger partial charge on any atom is 0.410 e. The van der Waals surface area contributed by atoms with Crippen LogP contribution in [0.4, 0.5) is 4.79 Å². The van der Waals surface area contributed by atoms with Crippen molar-refractivity contribution in [1.29, 1.82) is 0 Å². The van der Waals surface area contributed by atoms with Crippen LogP contribution >= 0.6 is 0 Å². The third kappa shape index (κ3) is 3.85. The topological polar surface area (TPSA) is 59.8 Å². The number of ether oxygens (including phenoxy) is 1. The summed E-state index contributed by atoms with van der Waals surface area (Å²) in [5.41, 5.74) is 0.466. The van der Waals surface area contributed by atoms with Crippen LogP contribution in [-0.2, 0) is 16.0 Å². The van der Waals surface area contributed by atoms with Crippen LogP contribution in [0.15, 0.2) is 23.0 Å². The maximum atomic E-state index is 12.0. The number of hydrogen-bond donors (Lipinski definition) is 0. The van der Waals surface area contributed by atoms with Gasteiger partial charge in [0.15, 0.2) is 0 Å². The van der Waals surface area contributed by atoms with E-state index in [9.17, 15) is 9.59 Å². The van der Waals surface area contributed by atoms with E-state index >= 15 is 0 Å². The average molecular weight is 279 g/mol. The molecular formula is C15H21NO4. The molecule has 1 fully saturated rings. The highest BCUT2D eigenvalue weighted by molar-refractivity contribution is 5.84. The van der Waals surface area contributed by atoms with Gasteiger partial charge >= 0.3 is 6.09 Å². The highest BCUT2D eigenvalue weighted by Gasteiger charge is 2.32. The lowest BCUT2D eigenvalue weighted by molar-refractivity contribution is -0.125. The van der Waals surface area contributed by atoms with E-state index in [0.29, 0.717) is 25.9 Å². The van der Waals surface area contributed by atoms with E-state index < -0.39 is 5.60 Å². The monoisotopic (exact) mass is 279 g/mol. The third-order valence-corrected chi connectivity index (χ3v) is 3.24. The number of amides is 1. The zero-order chi connectivity index (χ0) is 14.8. The predicted octanol–water partition coefficient (Wildman–Crippen LogP) is 2.65. The van der Waals surface area contributed by atoms with Crippen molar-refractivity contribution in [3.05, 3.63) is 24.2 Å². The van der Waals surface area contributed by atoms with Crippen LogP contribution in [-0.4, -0.2) is 35.5 Å². The molecule has 0 aliphatic carbocycles. The Kier molecular flexibility index (Phi) is 4.16. The molecule has 5 heteroatoms. The van der Waals surface area contributed by atoms with Gasteiger partial charge in [0.05, 0.1) is 12.5 Å². The summed E-state index contributed by atoms with van der Waals surface area (Å²) < 4.78 is 10.4. The molecule has 1 aliphatic heterocycles. The Morgan fingerprint density at radius 1 is 1.50 bits per heavy atom. The normalized spacial score (nSPS) is 20.1. The Bertz CT molecular complexity index is 473. The van der Waals surface area contributed by atoms with Gasteiger partial charge in [-0.15, -0.1) is 0 Å². The van der Waals surface area contributed by atoms with Crippen molar-refractivity contribution < 1.29 is 18.7 Å². The summed E-state index contributed by atoms with van der Waals surface area (Å²) in [6.45, 7) is 6.36. The van der Waals surface area contributed by atoms with E-state index in [0.717, 1.165) is 5.56 Å². The quantitative estimate of drug-likeness (QED) is 0.835. The van der Waals surface area contributed by atoms with Crippen molar-refractivity contribution in [2.45, 2.75) is 39.2 Å². The maximum absolute atomic E-state index is 12.0. The Morgan fingerprint density at radius 3 is 2.85 bits per heavy atom. The number of rotatable bonds is 2. The van der Waals surface area contributed by atoms with Gasteiger partial charge in [0.2, 0.25) is 0 Å². The first-order valence-electron chi connectivity index (χ1n) is 6.87. The van der Waals surface area contributed by atoms with Crippen molar-refractivity contribution in [2.75, 3.05) is 13.1 Å². The summed E-state index contributed by atoms with van der Waals surface area (Å²) in [6, 6.07) is 1.85. The van der Waals surface area contributed by atoms with Crippen LogP contribution in [0.2, 0.25) is 0 Å². The van der Waals surface area contributed by atoms with Gasteiger partial charge in [0, 0.05) is 25.4 Å². The summed E-state index contributed by atoms with van der Waals surface area (Å²) >= 11 is 0. The molecule has 1 atom stereocenters. The van der Waals surface area contributed by atoms with Gasteiger partial charge in [-0.2, -0.15) is 0 Å². The molecule has 2 heterocycles. The number of Topliss-reactive ketones (excluding diaryl/α,β-unsaturated/α-hetero) is 1. The Balaban J connectivity index is 1.97. The molecule has 1 amide bonds. The van der Waals surface area contributed by atoms with Crippen molar-refractivity contribution >= 4 is 11.9 Å². The minimum absolute atomic E-state index is 0.172. The molecule has 1 unspecified atom stereocenters. The molecule has 20 heavy (non-hydrogen) atoms. The molecule has 0 aromatic carbocycles. The highest BCUT2D eigenvalue weighted by atomic mass is 16.6. The second kappa shape index (κ2) is 5.69. The summed E-state index contributed by atoms with van der Waals surface area (Å²) in [5, 5.41) is 0. The number of carbonyl (C=O) groups is 2. The van der Waals surface area contributed by atoms with Crippen molar-refractivity contribution in [1.82, 2.24) is 4.90 Å². The second-order valence-corrected chi connectivity index (χ2v) is 6.18. The average Bonchev–Trinajstić information content (AvgIpc) is 2.82. The van der Waals surface area contributed by atoms with E-state index in [1.54, 1.807) is 17.4 Å². The zero-order valence-corrected chi connectivity index (χ0v) is 12.2.